The Hall–Kier alpha value is -1.02. The highest BCUT2D eigenvalue weighted by molar-refractivity contribution is 7.93. The number of rotatable bonds is 6. The highest BCUT2D eigenvalue weighted by Crippen LogP contribution is 2.21. The zero-order chi connectivity index (χ0) is 13.2. The summed E-state index contributed by atoms with van der Waals surface area (Å²) < 4.78 is 23.6. The lowest BCUT2D eigenvalue weighted by atomic mass is 10.4. The van der Waals surface area contributed by atoms with Crippen molar-refractivity contribution in [3.8, 4) is 0 Å². The third-order valence-corrected chi connectivity index (χ3v) is 5.71. The first kappa shape index (κ1) is 13.4. The minimum Gasteiger partial charge on any atom is -0.347 e. The Morgan fingerprint density at radius 2 is 2.17 bits per heavy atom. The van der Waals surface area contributed by atoms with Crippen LogP contribution in [0.15, 0.2) is 4.34 Å². The quantitative estimate of drug-likeness (QED) is 0.844. The van der Waals surface area contributed by atoms with E-state index in [2.05, 4.69) is 15.5 Å². The molecule has 0 bridgehead atoms. The fourth-order valence-corrected chi connectivity index (χ4v) is 3.81. The number of carbonyl (C=O) groups excluding carboxylic acids is 1. The normalized spacial score (nSPS) is 15.6. The van der Waals surface area contributed by atoms with Crippen molar-refractivity contribution in [3.05, 3.63) is 5.01 Å². The molecule has 0 unspecified atom stereocenters. The Morgan fingerprint density at radius 3 is 2.78 bits per heavy atom. The first-order valence-electron chi connectivity index (χ1n) is 5.90. The molecule has 1 saturated carbocycles. The van der Waals surface area contributed by atoms with Gasteiger partial charge in [-0.25, -0.2) is 8.42 Å². The molecule has 0 aliphatic heterocycles. The van der Waals surface area contributed by atoms with Crippen molar-refractivity contribution in [1.29, 1.82) is 0 Å². The maximum atomic E-state index is 11.8. The molecule has 0 atom stereocenters. The number of hydrogen-bond donors (Lipinski definition) is 1. The van der Waals surface area contributed by atoms with Crippen LogP contribution in [-0.4, -0.2) is 36.3 Å². The largest absolute Gasteiger partial charge is 0.347 e. The molecule has 1 aromatic heterocycles. The SMILES string of the molecule is CCCCS(=O)(=O)c1nnc(C(=O)NC2CC2)s1. The van der Waals surface area contributed by atoms with Crippen LogP contribution in [0, 0.1) is 0 Å². The lowest BCUT2D eigenvalue weighted by Crippen LogP contribution is -2.25. The van der Waals surface area contributed by atoms with Gasteiger partial charge in [0.05, 0.1) is 5.75 Å². The molecule has 1 aromatic rings. The molecule has 8 heteroatoms. The molecule has 1 aliphatic rings. The molecular weight excluding hydrogens is 274 g/mol. The van der Waals surface area contributed by atoms with Gasteiger partial charge in [0.1, 0.15) is 0 Å². The molecule has 1 fully saturated rings. The van der Waals surface area contributed by atoms with Gasteiger partial charge in [-0.1, -0.05) is 24.7 Å². The summed E-state index contributed by atoms with van der Waals surface area (Å²) in [4.78, 5) is 11.7. The van der Waals surface area contributed by atoms with Gasteiger partial charge >= 0.3 is 0 Å². The number of nitrogens with zero attached hydrogens (tertiary/aromatic N) is 2. The van der Waals surface area contributed by atoms with E-state index in [0.717, 1.165) is 30.6 Å². The van der Waals surface area contributed by atoms with Gasteiger partial charge in [0.2, 0.25) is 19.2 Å². The van der Waals surface area contributed by atoms with E-state index >= 15 is 0 Å². The number of amides is 1. The highest BCUT2D eigenvalue weighted by Gasteiger charge is 2.27. The van der Waals surface area contributed by atoms with E-state index in [-0.39, 0.29) is 27.0 Å². The number of sulfone groups is 1. The van der Waals surface area contributed by atoms with E-state index < -0.39 is 9.84 Å². The fourth-order valence-electron chi connectivity index (χ4n) is 1.32. The second-order valence-corrected chi connectivity index (χ2v) is 7.55. The fraction of sp³-hybridized carbons (Fsp3) is 0.700. The second-order valence-electron chi connectivity index (χ2n) is 4.29. The van der Waals surface area contributed by atoms with Crippen molar-refractivity contribution in [3.63, 3.8) is 0 Å². The van der Waals surface area contributed by atoms with Crippen LogP contribution in [0.4, 0.5) is 0 Å². The van der Waals surface area contributed by atoms with E-state index in [0.29, 0.717) is 6.42 Å². The molecule has 1 amide bonds. The van der Waals surface area contributed by atoms with Gasteiger partial charge in [0.15, 0.2) is 0 Å². The number of hydrogen-bond acceptors (Lipinski definition) is 6. The van der Waals surface area contributed by atoms with E-state index in [1.54, 1.807) is 0 Å². The molecule has 1 N–H and O–H groups in total. The van der Waals surface area contributed by atoms with Crippen molar-refractivity contribution in [1.82, 2.24) is 15.5 Å². The van der Waals surface area contributed by atoms with Crippen molar-refractivity contribution < 1.29 is 13.2 Å². The summed E-state index contributed by atoms with van der Waals surface area (Å²) in [6, 6.07) is 0.224. The Labute approximate surface area is 110 Å². The summed E-state index contributed by atoms with van der Waals surface area (Å²) in [5.41, 5.74) is 0. The molecule has 100 valence electrons. The van der Waals surface area contributed by atoms with Crippen LogP contribution in [0.5, 0.6) is 0 Å². The number of carbonyl (C=O) groups is 1. The first-order valence-corrected chi connectivity index (χ1v) is 8.37. The minimum absolute atomic E-state index is 0.0579. The molecule has 18 heavy (non-hydrogen) atoms. The van der Waals surface area contributed by atoms with Gasteiger partial charge < -0.3 is 5.32 Å². The molecule has 1 aliphatic carbocycles. The Morgan fingerprint density at radius 1 is 1.44 bits per heavy atom. The van der Waals surface area contributed by atoms with Crippen LogP contribution in [0.3, 0.4) is 0 Å². The maximum Gasteiger partial charge on any atom is 0.282 e. The highest BCUT2D eigenvalue weighted by atomic mass is 32.2. The molecular formula is C10H15N3O3S2. The van der Waals surface area contributed by atoms with Crippen LogP contribution in [0.1, 0.15) is 42.4 Å². The van der Waals surface area contributed by atoms with E-state index in [4.69, 9.17) is 0 Å². The predicted molar refractivity (Wildman–Crippen MR) is 67.4 cm³/mol. The van der Waals surface area contributed by atoms with Crippen molar-refractivity contribution in [2.24, 2.45) is 0 Å². The van der Waals surface area contributed by atoms with E-state index in [1.165, 1.54) is 0 Å². The molecule has 0 saturated heterocycles. The monoisotopic (exact) mass is 289 g/mol. The van der Waals surface area contributed by atoms with Crippen molar-refractivity contribution in [2.45, 2.75) is 43.0 Å². The summed E-state index contributed by atoms with van der Waals surface area (Å²) in [6.07, 6.45) is 3.34. The summed E-state index contributed by atoms with van der Waals surface area (Å²) in [7, 11) is -3.38. The molecule has 6 nitrogen and oxygen atoms in total. The molecule has 0 aromatic carbocycles. The van der Waals surface area contributed by atoms with Gasteiger partial charge in [-0.3, -0.25) is 4.79 Å². The maximum absolute atomic E-state index is 11.8. The Kier molecular flexibility index (Phi) is 3.96. The third kappa shape index (κ3) is 3.26. The molecule has 2 rings (SSSR count). The summed E-state index contributed by atoms with van der Waals surface area (Å²) in [5, 5.41) is 10.1. The van der Waals surface area contributed by atoms with Gasteiger partial charge in [0.25, 0.3) is 5.91 Å². The summed E-state index contributed by atoms with van der Waals surface area (Å²) in [6.45, 7) is 1.92. The van der Waals surface area contributed by atoms with Crippen molar-refractivity contribution in [2.75, 3.05) is 5.75 Å². The molecule has 1 heterocycles. The van der Waals surface area contributed by atoms with Crippen LogP contribution in [0.2, 0.25) is 0 Å². The van der Waals surface area contributed by atoms with Gasteiger partial charge in [-0.15, -0.1) is 10.2 Å². The average Bonchev–Trinajstić information content (AvgIpc) is 2.98. The zero-order valence-electron chi connectivity index (χ0n) is 10.0. The summed E-state index contributed by atoms with van der Waals surface area (Å²) in [5.74, 6) is -0.269. The average molecular weight is 289 g/mol. The lowest BCUT2D eigenvalue weighted by molar-refractivity contribution is 0.0950. The van der Waals surface area contributed by atoms with Crippen LogP contribution >= 0.6 is 11.3 Å². The van der Waals surface area contributed by atoms with Gasteiger partial charge in [0, 0.05) is 6.04 Å². The van der Waals surface area contributed by atoms with E-state index in [9.17, 15) is 13.2 Å². The second kappa shape index (κ2) is 5.31. The minimum atomic E-state index is -3.38. The lowest BCUT2D eigenvalue weighted by Gasteiger charge is -1.97. The van der Waals surface area contributed by atoms with Crippen LogP contribution in [0.25, 0.3) is 0 Å². The standard InChI is InChI=1S/C10H15N3O3S2/c1-2-3-6-18(15,16)10-13-12-9(17-10)8(14)11-7-4-5-7/h7H,2-6H2,1H3,(H,11,14). The smallest absolute Gasteiger partial charge is 0.282 e. The number of unbranched alkanes of at least 4 members (excludes halogenated alkanes) is 1. The molecule has 0 spiro atoms. The zero-order valence-corrected chi connectivity index (χ0v) is 11.7. The topological polar surface area (TPSA) is 89.0 Å². The van der Waals surface area contributed by atoms with Crippen molar-refractivity contribution >= 4 is 27.1 Å². The van der Waals surface area contributed by atoms with Crippen LogP contribution < -0.4 is 5.32 Å². The first-order chi connectivity index (χ1) is 8.53. The van der Waals surface area contributed by atoms with Gasteiger partial charge in [-0.05, 0) is 19.3 Å². The molecule has 0 radical (unpaired) electrons. The Balaban J connectivity index is 2.06. The third-order valence-electron chi connectivity index (χ3n) is 2.55. The Bertz CT molecular complexity index is 534. The van der Waals surface area contributed by atoms with Gasteiger partial charge in [-0.2, -0.15) is 0 Å². The number of aromatic nitrogens is 2. The number of nitrogens with one attached hydrogen (secondary N) is 1. The van der Waals surface area contributed by atoms with Crippen LogP contribution in [-0.2, 0) is 9.84 Å². The summed E-state index contributed by atoms with van der Waals surface area (Å²) >= 11 is 0.846. The van der Waals surface area contributed by atoms with E-state index in [1.807, 2.05) is 6.92 Å². The predicted octanol–water partition coefficient (Wildman–Crippen LogP) is 1.00.